The van der Waals surface area contributed by atoms with Crippen LogP contribution in [0.5, 0.6) is 0 Å². The summed E-state index contributed by atoms with van der Waals surface area (Å²) in [4.78, 5) is 35.9. The number of rotatable bonds is 3. The van der Waals surface area contributed by atoms with Crippen molar-refractivity contribution in [3.05, 3.63) is 51.8 Å². The second kappa shape index (κ2) is 6.09. The quantitative estimate of drug-likeness (QED) is 0.714. The summed E-state index contributed by atoms with van der Waals surface area (Å²) < 4.78 is 1.47. The van der Waals surface area contributed by atoms with E-state index in [2.05, 4.69) is 16.0 Å². The van der Waals surface area contributed by atoms with E-state index in [1.807, 2.05) is 0 Å². The number of hydrogen-bond donors (Lipinski definition) is 3. The van der Waals surface area contributed by atoms with Crippen LogP contribution in [0.15, 0.2) is 30.3 Å². The molecule has 25 heavy (non-hydrogen) atoms. The number of hydrogen-bond acceptors (Lipinski definition) is 3. The van der Waals surface area contributed by atoms with Crippen LogP contribution in [0.2, 0.25) is 10.2 Å². The zero-order chi connectivity index (χ0) is 18.4. The van der Waals surface area contributed by atoms with E-state index >= 15 is 0 Å². The highest BCUT2D eigenvalue weighted by Crippen LogP contribution is 2.28. The maximum Gasteiger partial charge on any atom is 0.322 e. The van der Waals surface area contributed by atoms with Crippen LogP contribution in [-0.4, -0.2) is 22.4 Å². The Bertz CT molecular complexity index is 909. The summed E-state index contributed by atoms with van der Waals surface area (Å²) in [7, 11) is 1.62. The molecule has 3 rings (SSSR count). The Morgan fingerprint density at radius 3 is 2.52 bits per heavy atom. The van der Waals surface area contributed by atoms with E-state index in [4.69, 9.17) is 23.2 Å². The second-order valence-corrected chi connectivity index (χ2v) is 6.56. The van der Waals surface area contributed by atoms with Crippen LogP contribution in [0.1, 0.15) is 23.0 Å². The van der Waals surface area contributed by atoms with E-state index in [9.17, 15) is 14.4 Å². The monoisotopic (exact) mass is 380 g/mol. The molecule has 1 atom stereocenters. The molecule has 1 aliphatic rings. The van der Waals surface area contributed by atoms with Gasteiger partial charge >= 0.3 is 6.03 Å². The number of amides is 4. The van der Waals surface area contributed by atoms with E-state index in [1.165, 1.54) is 10.6 Å². The van der Waals surface area contributed by atoms with Gasteiger partial charge in [-0.3, -0.25) is 14.9 Å². The molecule has 1 fully saturated rings. The average Bonchev–Trinajstić information content (AvgIpc) is 2.98. The fourth-order valence-electron chi connectivity index (χ4n) is 2.61. The molecule has 4 amide bonds. The number of carbonyl (C=O) groups excluding carboxylic acids is 3. The number of benzene rings is 1. The van der Waals surface area contributed by atoms with Crippen LogP contribution in [0.4, 0.5) is 10.5 Å². The van der Waals surface area contributed by atoms with Crippen LogP contribution in [0, 0.1) is 0 Å². The molecule has 9 heteroatoms. The van der Waals surface area contributed by atoms with Crippen LogP contribution in [0.3, 0.4) is 0 Å². The Morgan fingerprint density at radius 1 is 1.24 bits per heavy atom. The van der Waals surface area contributed by atoms with Crippen molar-refractivity contribution in [3.63, 3.8) is 0 Å². The lowest BCUT2D eigenvalue weighted by molar-refractivity contribution is -0.123. The van der Waals surface area contributed by atoms with Gasteiger partial charge < -0.3 is 15.2 Å². The maximum absolute atomic E-state index is 12.4. The van der Waals surface area contributed by atoms with Crippen LogP contribution < -0.4 is 16.0 Å². The number of anilines is 1. The fourth-order valence-corrected chi connectivity index (χ4v) is 2.99. The summed E-state index contributed by atoms with van der Waals surface area (Å²) in [5.74, 6) is -0.861. The van der Waals surface area contributed by atoms with E-state index in [-0.39, 0.29) is 10.2 Å². The lowest BCUT2D eigenvalue weighted by Crippen LogP contribution is -2.40. The molecular formula is C16H14Cl2N4O3. The normalized spacial score (nSPS) is 19.5. The zero-order valence-corrected chi connectivity index (χ0v) is 14.8. The predicted molar refractivity (Wildman–Crippen MR) is 93.9 cm³/mol. The number of nitrogens with zero attached hydrogens (tertiary/aromatic N) is 1. The predicted octanol–water partition coefficient (Wildman–Crippen LogP) is 2.64. The van der Waals surface area contributed by atoms with Gasteiger partial charge in [-0.05, 0) is 30.7 Å². The van der Waals surface area contributed by atoms with Gasteiger partial charge in [0.05, 0.1) is 5.02 Å². The molecule has 3 N–H and O–H groups in total. The lowest BCUT2D eigenvalue weighted by Gasteiger charge is -2.21. The Morgan fingerprint density at radius 2 is 1.96 bits per heavy atom. The molecule has 7 nitrogen and oxygen atoms in total. The highest BCUT2D eigenvalue weighted by atomic mass is 35.5. The number of nitrogens with one attached hydrogen (secondary N) is 3. The standard InChI is InChI=1S/C16H14Cl2N4O3/c1-16(14(24)20-15(25)21-16)8-4-3-5-9(6-8)19-13(23)11-7-10(17)12(18)22(11)2/h3-7H,1-2H3,(H,19,23)(H2,20,21,24,25)/t16-/m0/s1. The molecule has 1 aromatic heterocycles. The molecule has 0 saturated carbocycles. The van der Waals surface area contributed by atoms with Crippen molar-refractivity contribution in [2.24, 2.45) is 7.05 Å². The molecule has 2 aromatic rings. The van der Waals surface area contributed by atoms with Crippen molar-refractivity contribution < 1.29 is 14.4 Å². The summed E-state index contributed by atoms with van der Waals surface area (Å²) >= 11 is 11.9. The first kappa shape index (κ1) is 17.3. The molecular weight excluding hydrogens is 367 g/mol. The molecule has 130 valence electrons. The molecule has 0 radical (unpaired) electrons. The smallest absolute Gasteiger partial charge is 0.322 e. The first-order valence-corrected chi connectivity index (χ1v) is 8.04. The van der Waals surface area contributed by atoms with Gasteiger partial charge in [-0.1, -0.05) is 35.3 Å². The van der Waals surface area contributed by atoms with Gasteiger partial charge in [-0.25, -0.2) is 4.79 Å². The minimum Gasteiger partial charge on any atom is -0.329 e. The molecule has 0 unspecified atom stereocenters. The fraction of sp³-hybridized carbons (Fsp3) is 0.188. The van der Waals surface area contributed by atoms with Gasteiger partial charge in [0.2, 0.25) is 0 Å². The molecule has 1 aromatic carbocycles. The Kier molecular flexibility index (Phi) is 4.22. The van der Waals surface area contributed by atoms with Gasteiger partial charge in [0, 0.05) is 12.7 Å². The van der Waals surface area contributed by atoms with Crippen molar-refractivity contribution in [2.75, 3.05) is 5.32 Å². The van der Waals surface area contributed by atoms with Crippen molar-refractivity contribution in [1.82, 2.24) is 15.2 Å². The van der Waals surface area contributed by atoms with E-state index in [0.29, 0.717) is 16.9 Å². The minimum absolute atomic E-state index is 0.262. The summed E-state index contributed by atoms with van der Waals surface area (Å²) in [5, 5.41) is 8.04. The van der Waals surface area contributed by atoms with Crippen molar-refractivity contribution in [3.8, 4) is 0 Å². The summed E-state index contributed by atoms with van der Waals surface area (Å²) in [5.41, 5.74) is 0.0938. The summed E-state index contributed by atoms with van der Waals surface area (Å²) in [6.07, 6.45) is 0. The van der Waals surface area contributed by atoms with Gasteiger partial charge in [0.25, 0.3) is 11.8 Å². The summed E-state index contributed by atoms with van der Waals surface area (Å²) in [6.45, 7) is 1.59. The van der Waals surface area contributed by atoms with Gasteiger partial charge in [0.15, 0.2) is 0 Å². The van der Waals surface area contributed by atoms with Gasteiger partial charge in [-0.15, -0.1) is 0 Å². The van der Waals surface area contributed by atoms with Crippen LogP contribution in [-0.2, 0) is 17.4 Å². The maximum atomic E-state index is 12.4. The highest BCUT2D eigenvalue weighted by molar-refractivity contribution is 6.42. The average molecular weight is 381 g/mol. The molecule has 2 heterocycles. The number of aromatic nitrogens is 1. The Labute approximate surface area is 153 Å². The topological polar surface area (TPSA) is 92.2 Å². The van der Waals surface area contributed by atoms with Gasteiger partial charge in [0.1, 0.15) is 16.4 Å². The third-order valence-electron chi connectivity index (χ3n) is 4.09. The van der Waals surface area contributed by atoms with E-state index in [1.54, 1.807) is 38.2 Å². The van der Waals surface area contributed by atoms with Crippen molar-refractivity contribution in [1.29, 1.82) is 0 Å². The number of urea groups is 1. The molecule has 1 aliphatic heterocycles. The number of imide groups is 1. The first-order valence-electron chi connectivity index (χ1n) is 7.28. The highest BCUT2D eigenvalue weighted by Gasteiger charge is 2.43. The minimum atomic E-state index is -1.20. The van der Waals surface area contributed by atoms with Crippen molar-refractivity contribution in [2.45, 2.75) is 12.5 Å². The first-order chi connectivity index (χ1) is 11.7. The Hall–Kier alpha value is -2.51. The third kappa shape index (κ3) is 2.96. The zero-order valence-electron chi connectivity index (χ0n) is 13.3. The van der Waals surface area contributed by atoms with Gasteiger partial charge in [-0.2, -0.15) is 0 Å². The second-order valence-electron chi connectivity index (χ2n) is 5.80. The van der Waals surface area contributed by atoms with Crippen molar-refractivity contribution >= 4 is 46.7 Å². The van der Waals surface area contributed by atoms with Crippen LogP contribution in [0.25, 0.3) is 0 Å². The molecule has 0 spiro atoms. The Balaban J connectivity index is 1.87. The largest absolute Gasteiger partial charge is 0.329 e. The molecule has 1 saturated heterocycles. The third-order valence-corrected chi connectivity index (χ3v) is 4.93. The number of carbonyl (C=O) groups is 3. The summed E-state index contributed by atoms with van der Waals surface area (Å²) in [6, 6.07) is 7.57. The number of halogens is 2. The lowest BCUT2D eigenvalue weighted by atomic mass is 9.92. The molecule has 0 bridgehead atoms. The van der Waals surface area contributed by atoms with Crippen LogP contribution >= 0.6 is 23.2 Å². The molecule has 0 aliphatic carbocycles. The SMILES string of the molecule is Cn1c(C(=O)Nc2cccc([C@]3(C)NC(=O)NC3=O)c2)cc(Cl)c1Cl. The van der Waals surface area contributed by atoms with E-state index < -0.39 is 23.4 Å². The van der Waals surface area contributed by atoms with E-state index in [0.717, 1.165) is 0 Å².